The number of aliphatic hydroxyl groups excluding tert-OH is 1. The zero-order valence-corrected chi connectivity index (χ0v) is 14.2. The van der Waals surface area contributed by atoms with Gasteiger partial charge in [0.1, 0.15) is 4.99 Å². The number of rotatable bonds is 8. The fraction of sp³-hybridized carbons (Fsp3) is 0.562. The van der Waals surface area contributed by atoms with Gasteiger partial charge in [0, 0.05) is 35.3 Å². The lowest BCUT2D eigenvalue weighted by atomic mass is 9.90. The van der Waals surface area contributed by atoms with Crippen LogP contribution in [0.5, 0.6) is 0 Å². The van der Waals surface area contributed by atoms with Gasteiger partial charge in [-0.2, -0.15) is 0 Å². The van der Waals surface area contributed by atoms with E-state index in [0.29, 0.717) is 11.0 Å². The van der Waals surface area contributed by atoms with E-state index in [1.165, 1.54) is 19.3 Å². The number of hydrogen-bond acceptors (Lipinski definition) is 4. The fourth-order valence-corrected chi connectivity index (χ4v) is 3.85. The Kier molecular flexibility index (Phi) is 6.33. The molecule has 1 aromatic carbocycles. The van der Waals surface area contributed by atoms with Crippen LogP contribution in [-0.2, 0) is 0 Å². The molecule has 0 spiro atoms. The van der Waals surface area contributed by atoms with Gasteiger partial charge in [-0.15, -0.1) is 11.8 Å². The summed E-state index contributed by atoms with van der Waals surface area (Å²) in [6.07, 6.45) is 4.49. The van der Waals surface area contributed by atoms with Crippen LogP contribution in [0.3, 0.4) is 0 Å². The van der Waals surface area contributed by atoms with Crippen molar-refractivity contribution in [2.45, 2.75) is 43.5 Å². The summed E-state index contributed by atoms with van der Waals surface area (Å²) in [5, 5.41) is 9.17. The lowest BCUT2D eigenvalue weighted by Gasteiger charge is -2.40. The highest BCUT2D eigenvalue weighted by Gasteiger charge is 2.27. The van der Waals surface area contributed by atoms with Crippen LogP contribution in [0, 0.1) is 0 Å². The average Bonchev–Trinajstić information content (AvgIpc) is 2.41. The predicted octanol–water partition coefficient (Wildman–Crippen LogP) is 3.17. The zero-order chi connectivity index (χ0) is 15.2. The summed E-state index contributed by atoms with van der Waals surface area (Å²) in [4.78, 5) is 4.03. The molecule has 0 unspecified atom stereocenters. The molecule has 21 heavy (non-hydrogen) atoms. The van der Waals surface area contributed by atoms with E-state index in [9.17, 15) is 5.11 Å². The maximum Gasteiger partial charge on any atom is 0.107 e. The number of aliphatic hydroxyl groups is 1. The summed E-state index contributed by atoms with van der Waals surface area (Å²) in [6.45, 7) is 3.21. The van der Waals surface area contributed by atoms with Crippen LogP contribution in [0.25, 0.3) is 0 Å². The molecule has 1 aromatic rings. The quantitative estimate of drug-likeness (QED) is 0.568. The smallest absolute Gasteiger partial charge is 0.107 e. The molecule has 3 nitrogen and oxygen atoms in total. The Balaban J connectivity index is 2.37. The molecular weight excluding hydrogens is 300 g/mol. The standard InChI is InChI=1S/C16H24N2OS2/c1-2-21-14-9-4-8-13(15(14)16(17)20)18(10-5-11-19)12-6-3-7-12/h4,8-9,12,19H,2-3,5-7,10-11H2,1H3,(H2,17,20). The SMILES string of the molecule is CCSc1cccc(N(CCCO)C2CCC2)c1C(N)=S. The van der Waals surface area contributed by atoms with E-state index in [1.54, 1.807) is 11.8 Å². The molecule has 116 valence electrons. The van der Waals surface area contributed by atoms with Gasteiger partial charge in [0.2, 0.25) is 0 Å². The van der Waals surface area contributed by atoms with Gasteiger partial charge in [0.25, 0.3) is 0 Å². The van der Waals surface area contributed by atoms with Gasteiger partial charge in [0.15, 0.2) is 0 Å². The zero-order valence-electron chi connectivity index (χ0n) is 12.5. The van der Waals surface area contributed by atoms with Gasteiger partial charge in [0.05, 0.1) is 0 Å². The van der Waals surface area contributed by atoms with Crippen molar-refractivity contribution in [1.82, 2.24) is 0 Å². The largest absolute Gasteiger partial charge is 0.396 e. The third-order valence-electron chi connectivity index (χ3n) is 3.93. The maximum absolute atomic E-state index is 9.17. The van der Waals surface area contributed by atoms with Gasteiger partial charge >= 0.3 is 0 Å². The molecule has 3 N–H and O–H groups in total. The third-order valence-corrected chi connectivity index (χ3v) is 5.08. The molecule has 0 bridgehead atoms. The van der Waals surface area contributed by atoms with Crippen LogP contribution in [0.4, 0.5) is 5.69 Å². The molecule has 1 aliphatic rings. The molecule has 1 saturated carbocycles. The molecule has 5 heteroatoms. The monoisotopic (exact) mass is 324 g/mol. The van der Waals surface area contributed by atoms with Crippen LogP contribution in [0.15, 0.2) is 23.1 Å². The Bertz CT molecular complexity index is 489. The maximum atomic E-state index is 9.17. The number of nitrogens with zero attached hydrogens (tertiary/aromatic N) is 1. The minimum atomic E-state index is 0.217. The van der Waals surface area contributed by atoms with Crippen molar-refractivity contribution in [3.05, 3.63) is 23.8 Å². The van der Waals surface area contributed by atoms with E-state index in [4.69, 9.17) is 18.0 Å². The summed E-state index contributed by atoms with van der Waals surface area (Å²) in [5.41, 5.74) is 8.16. The van der Waals surface area contributed by atoms with Crippen LogP contribution < -0.4 is 10.6 Å². The Morgan fingerprint density at radius 3 is 2.76 bits per heavy atom. The van der Waals surface area contributed by atoms with Crippen molar-refractivity contribution >= 4 is 34.7 Å². The number of benzene rings is 1. The molecule has 0 aromatic heterocycles. The first-order valence-electron chi connectivity index (χ1n) is 7.62. The Hall–Kier alpha value is -0.780. The summed E-state index contributed by atoms with van der Waals surface area (Å²) in [5.74, 6) is 0.999. The van der Waals surface area contributed by atoms with E-state index in [1.807, 2.05) is 0 Å². The number of nitrogens with two attached hydrogens (primary N) is 1. The van der Waals surface area contributed by atoms with Crippen molar-refractivity contribution in [3.63, 3.8) is 0 Å². The molecule has 0 heterocycles. The summed E-state index contributed by atoms with van der Waals surface area (Å²) in [6, 6.07) is 6.85. The van der Waals surface area contributed by atoms with Gasteiger partial charge < -0.3 is 15.7 Å². The molecule has 0 amide bonds. The molecule has 1 aliphatic carbocycles. The summed E-state index contributed by atoms with van der Waals surface area (Å²) < 4.78 is 0. The first-order chi connectivity index (χ1) is 10.2. The Morgan fingerprint density at radius 2 is 2.24 bits per heavy atom. The minimum Gasteiger partial charge on any atom is -0.396 e. The molecule has 0 atom stereocenters. The van der Waals surface area contributed by atoms with E-state index in [0.717, 1.165) is 34.9 Å². The van der Waals surface area contributed by atoms with Crippen LogP contribution >= 0.6 is 24.0 Å². The van der Waals surface area contributed by atoms with Crippen LogP contribution in [0.2, 0.25) is 0 Å². The first-order valence-corrected chi connectivity index (χ1v) is 9.01. The van der Waals surface area contributed by atoms with Crippen LogP contribution in [0.1, 0.15) is 38.2 Å². The average molecular weight is 325 g/mol. The van der Waals surface area contributed by atoms with Crippen molar-refractivity contribution in [2.75, 3.05) is 23.8 Å². The van der Waals surface area contributed by atoms with Crippen molar-refractivity contribution < 1.29 is 5.11 Å². The highest BCUT2D eigenvalue weighted by Crippen LogP contribution is 2.36. The second kappa shape index (κ2) is 8.01. The van der Waals surface area contributed by atoms with E-state index in [2.05, 4.69) is 30.0 Å². The van der Waals surface area contributed by atoms with Crippen LogP contribution in [-0.4, -0.2) is 35.0 Å². The predicted molar refractivity (Wildman–Crippen MR) is 95.4 cm³/mol. The number of anilines is 1. The summed E-state index contributed by atoms with van der Waals surface area (Å²) in [7, 11) is 0. The third kappa shape index (κ3) is 3.90. The number of hydrogen-bond donors (Lipinski definition) is 2. The first kappa shape index (κ1) is 16.6. The van der Waals surface area contributed by atoms with Gasteiger partial charge in [-0.3, -0.25) is 0 Å². The van der Waals surface area contributed by atoms with E-state index >= 15 is 0 Å². The molecule has 2 rings (SSSR count). The lowest BCUT2D eigenvalue weighted by molar-refractivity contribution is 0.283. The van der Waals surface area contributed by atoms with Crippen molar-refractivity contribution in [3.8, 4) is 0 Å². The van der Waals surface area contributed by atoms with Gasteiger partial charge in [-0.25, -0.2) is 0 Å². The lowest BCUT2D eigenvalue weighted by Crippen LogP contribution is -2.42. The highest BCUT2D eigenvalue weighted by molar-refractivity contribution is 7.99. The fourth-order valence-electron chi connectivity index (χ4n) is 2.72. The second-order valence-electron chi connectivity index (χ2n) is 5.30. The van der Waals surface area contributed by atoms with Gasteiger partial charge in [-0.05, 0) is 43.6 Å². The molecule has 0 radical (unpaired) electrons. The molecular formula is C16H24N2OS2. The number of thioether (sulfide) groups is 1. The summed E-state index contributed by atoms with van der Waals surface area (Å²) >= 11 is 7.09. The normalized spacial score (nSPS) is 14.8. The molecule has 0 saturated heterocycles. The van der Waals surface area contributed by atoms with E-state index in [-0.39, 0.29) is 6.61 Å². The Morgan fingerprint density at radius 1 is 1.48 bits per heavy atom. The van der Waals surface area contributed by atoms with Gasteiger partial charge in [-0.1, -0.05) is 25.2 Å². The molecule has 0 aliphatic heterocycles. The number of thiocarbonyl (C=S) groups is 1. The van der Waals surface area contributed by atoms with Crippen molar-refractivity contribution in [2.24, 2.45) is 5.73 Å². The second-order valence-corrected chi connectivity index (χ2v) is 7.05. The van der Waals surface area contributed by atoms with E-state index < -0.39 is 0 Å². The highest BCUT2D eigenvalue weighted by atomic mass is 32.2. The minimum absolute atomic E-state index is 0.217. The Labute approximate surface area is 136 Å². The van der Waals surface area contributed by atoms with Crippen molar-refractivity contribution in [1.29, 1.82) is 0 Å². The topological polar surface area (TPSA) is 49.5 Å². The molecule has 1 fully saturated rings.